The number of allylic oxidation sites excluding steroid dienone is 2. The van der Waals surface area contributed by atoms with E-state index in [2.05, 4.69) is 52.9 Å². The third kappa shape index (κ3) is 5.52. The Kier molecular flexibility index (Phi) is 8.52. The van der Waals surface area contributed by atoms with Gasteiger partial charge in [0.2, 0.25) is 5.91 Å². The average molecular weight is 554 g/mol. The van der Waals surface area contributed by atoms with Crippen LogP contribution in [0.5, 0.6) is 0 Å². The van der Waals surface area contributed by atoms with Gasteiger partial charge in [0, 0.05) is 38.6 Å². The zero-order valence-electron chi connectivity index (χ0n) is 26.3. The number of esters is 1. The third-order valence-corrected chi connectivity index (χ3v) is 12.1. The zero-order valence-corrected chi connectivity index (χ0v) is 26.3. The van der Waals surface area contributed by atoms with Crippen molar-refractivity contribution in [1.29, 1.82) is 0 Å². The summed E-state index contributed by atoms with van der Waals surface area (Å²) in [4.78, 5) is 23.7. The van der Waals surface area contributed by atoms with E-state index in [4.69, 9.17) is 9.47 Å². The molecule has 0 unspecified atom stereocenters. The van der Waals surface area contributed by atoms with Gasteiger partial charge in [-0.25, -0.2) is 0 Å². The van der Waals surface area contributed by atoms with Crippen molar-refractivity contribution in [2.75, 3.05) is 6.54 Å². The highest BCUT2D eigenvalue weighted by Gasteiger charge is 2.63. The molecule has 5 heteroatoms. The van der Waals surface area contributed by atoms with Crippen molar-refractivity contribution in [2.24, 2.45) is 46.3 Å². The van der Waals surface area contributed by atoms with Crippen LogP contribution in [0.2, 0.25) is 0 Å². The topological polar surface area (TPSA) is 64.6 Å². The van der Waals surface area contributed by atoms with E-state index in [-0.39, 0.29) is 23.4 Å². The molecule has 9 atom stereocenters. The molecular formula is C35H55NO4. The summed E-state index contributed by atoms with van der Waals surface area (Å²) < 4.78 is 12.7. The minimum Gasteiger partial charge on any atom is -0.494 e. The van der Waals surface area contributed by atoms with Gasteiger partial charge in [0.1, 0.15) is 12.2 Å². The fourth-order valence-corrected chi connectivity index (χ4v) is 9.76. The predicted octanol–water partition coefficient (Wildman–Crippen LogP) is 7.75. The van der Waals surface area contributed by atoms with Gasteiger partial charge >= 0.3 is 5.97 Å². The predicted molar refractivity (Wildman–Crippen MR) is 159 cm³/mol. The molecular weight excluding hydrogens is 498 g/mol. The quantitative estimate of drug-likeness (QED) is 0.234. The number of rotatable bonds is 9. The Morgan fingerprint density at radius 1 is 1.12 bits per heavy atom. The van der Waals surface area contributed by atoms with Crippen molar-refractivity contribution in [1.82, 2.24) is 5.32 Å². The molecule has 1 aliphatic heterocycles. The highest BCUT2D eigenvalue weighted by molar-refractivity contribution is 5.72. The smallest absolute Gasteiger partial charge is 0.306 e. The molecule has 4 aliphatic carbocycles. The van der Waals surface area contributed by atoms with Crippen molar-refractivity contribution in [2.45, 2.75) is 131 Å². The van der Waals surface area contributed by atoms with Crippen molar-refractivity contribution >= 4 is 11.9 Å². The molecule has 1 amide bonds. The van der Waals surface area contributed by atoms with Crippen LogP contribution in [0.25, 0.3) is 0 Å². The van der Waals surface area contributed by atoms with Gasteiger partial charge in [0.25, 0.3) is 0 Å². The molecule has 0 bridgehead atoms. The third-order valence-electron chi connectivity index (χ3n) is 12.1. The molecule has 5 aliphatic rings. The van der Waals surface area contributed by atoms with E-state index in [1.807, 2.05) is 0 Å². The van der Waals surface area contributed by atoms with Crippen molar-refractivity contribution in [3.63, 3.8) is 0 Å². The second-order valence-electron chi connectivity index (χ2n) is 15.1. The van der Waals surface area contributed by atoms with Crippen LogP contribution in [0.4, 0.5) is 0 Å². The van der Waals surface area contributed by atoms with Crippen molar-refractivity contribution in [3.05, 3.63) is 23.0 Å². The summed E-state index contributed by atoms with van der Waals surface area (Å²) in [5, 5.41) is 2.96. The molecule has 0 radical (unpaired) electrons. The van der Waals surface area contributed by atoms with Gasteiger partial charge in [-0.05, 0) is 104 Å². The number of amides is 1. The van der Waals surface area contributed by atoms with E-state index in [0.717, 1.165) is 62.8 Å². The second kappa shape index (κ2) is 11.5. The molecule has 5 rings (SSSR count). The van der Waals surface area contributed by atoms with Gasteiger partial charge in [-0.1, -0.05) is 46.3 Å². The number of ether oxygens (including phenoxy) is 2. The number of hydrogen-bond donors (Lipinski definition) is 1. The van der Waals surface area contributed by atoms with E-state index in [9.17, 15) is 9.59 Å². The zero-order chi connectivity index (χ0) is 28.8. The van der Waals surface area contributed by atoms with Gasteiger partial charge in [0.15, 0.2) is 0 Å². The van der Waals surface area contributed by atoms with E-state index in [1.165, 1.54) is 37.0 Å². The first-order chi connectivity index (χ1) is 18.9. The maximum absolute atomic E-state index is 12.4. The second-order valence-corrected chi connectivity index (χ2v) is 15.1. The molecule has 0 spiro atoms. The van der Waals surface area contributed by atoms with Crippen LogP contribution in [-0.2, 0) is 19.1 Å². The number of carbonyl (C=O) groups is 2. The molecule has 3 fully saturated rings. The van der Waals surface area contributed by atoms with Gasteiger partial charge in [-0.3, -0.25) is 9.59 Å². The Balaban J connectivity index is 1.23. The Labute approximate surface area is 243 Å². The van der Waals surface area contributed by atoms with Crippen LogP contribution in [0.3, 0.4) is 0 Å². The van der Waals surface area contributed by atoms with Crippen LogP contribution in [-0.4, -0.2) is 30.6 Å². The summed E-state index contributed by atoms with van der Waals surface area (Å²) >= 11 is 0. The lowest BCUT2D eigenvalue weighted by Gasteiger charge is -2.58. The maximum Gasteiger partial charge on any atom is 0.306 e. The number of hydrogen-bond acceptors (Lipinski definition) is 4. The molecule has 1 N–H and O–H groups in total. The number of carbonyl (C=O) groups excluding carboxylic acids is 2. The summed E-state index contributed by atoms with van der Waals surface area (Å²) in [5.74, 6) is 5.02. The van der Waals surface area contributed by atoms with Crippen LogP contribution in [0.1, 0.15) is 119 Å². The van der Waals surface area contributed by atoms with E-state index < -0.39 is 0 Å². The lowest BCUT2D eigenvalue weighted by atomic mass is 9.47. The molecule has 224 valence electrons. The first-order valence-electron chi connectivity index (χ1n) is 16.4. The Hall–Kier alpha value is -1.78. The molecule has 0 aromatic carbocycles. The molecule has 40 heavy (non-hydrogen) atoms. The summed E-state index contributed by atoms with van der Waals surface area (Å²) in [7, 11) is 0. The Morgan fingerprint density at radius 3 is 2.62 bits per heavy atom. The van der Waals surface area contributed by atoms with Crippen molar-refractivity contribution < 1.29 is 19.1 Å². The Bertz CT molecular complexity index is 1040. The summed E-state index contributed by atoms with van der Waals surface area (Å²) in [5.41, 5.74) is 3.67. The van der Waals surface area contributed by atoms with Gasteiger partial charge in [0.05, 0.1) is 5.76 Å². The normalized spacial score (nSPS) is 39.0. The van der Waals surface area contributed by atoms with Gasteiger partial charge in [-0.2, -0.15) is 0 Å². The minimum absolute atomic E-state index is 0.00695. The van der Waals surface area contributed by atoms with Crippen molar-refractivity contribution in [3.8, 4) is 0 Å². The maximum atomic E-state index is 12.4. The van der Waals surface area contributed by atoms with Crippen LogP contribution >= 0.6 is 0 Å². The Morgan fingerprint density at radius 2 is 1.90 bits per heavy atom. The van der Waals surface area contributed by atoms with E-state index in [1.54, 1.807) is 12.5 Å². The highest BCUT2D eigenvalue weighted by atomic mass is 16.5. The summed E-state index contributed by atoms with van der Waals surface area (Å²) in [6.07, 6.45) is 14.5. The van der Waals surface area contributed by atoms with Gasteiger partial charge < -0.3 is 14.8 Å². The minimum atomic E-state index is -0.00695. The van der Waals surface area contributed by atoms with Gasteiger partial charge in [-0.15, -0.1) is 0 Å². The fraction of sp³-hybridized carbons (Fsp3) is 0.829. The molecule has 1 heterocycles. The molecule has 3 saturated carbocycles. The monoisotopic (exact) mass is 553 g/mol. The number of fused-ring (bicyclic) bond motifs is 7. The largest absolute Gasteiger partial charge is 0.494 e. The van der Waals surface area contributed by atoms with Crippen LogP contribution in [0.15, 0.2) is 23.0 Å². The highest BCUT2D eigenvalue weighted by Crippen LogP contribution is 2.69. The standard InChI is InChI=1S/C35H55NO4/c1-21(2)8-13-32(38)39-26-14-16-34(6)25(18-26)10-11-27-28(34)15-17-35(7)29(27)19-31-33(35)23(4)30(40-31)12-9-22(3)20-36-24(5)37/h10,21-22,26-29,31,33H,8-9,11-20H2,1-7H3,(H,36,37)/t22-,26+,27+,28-,29+,31-,33-,34+,35+/m1/s1. The molecule has 0 saturated heterocycles. The lowest BCUT2D eigenvalue weighted by molar-refractivity contribution is -0.151. The lowest BCUT2D eigenvalue weighted by Crippen LogP contribution is -2.50. The van der Waals surface area contributed by atoms with E-state index >= 15 is 0 Å². The average Bonchev–Trinajstić information content (AvgIpc) is 3.38. The van der Waals surface area contributed by atoms with Crippen LogP contribution < -0.4 is 5.32 Å². The number of nitrogens with one attached hydrogen (secondary N) is 1. The molecule has 0 aromatic rings. The first-order valence-corrected chi connectivity index (χ1v) is 16.4. The molecule has 0 aromatic heterocycles. The SMILES string of the molecule is CC(=O)NC[C@H](C)CCC1=C(C)[C@@H]2[C@@H](C[C@H]3[C@H]4CC=C5C[C@@H](OC(=O)CCC(C)C)CC[C@]5(C)[C@@H]4CC[C@]23C)O1. The fourth-order valence-electron chi connectivity index (χ4n) is 9.76. The van der Waals surface area contributed by atoms with Crippen LogP contribution in [0, 0.1) is 46.3 Å². The summed E-state index contributed by atoms with van der Waals surface area (Å²) in [6.45, 7) is 16.3. The molecule has 5 nitrogen and oxygen atoms in total. The summed E-state index contributed by atoms with van der Waals surface area (Å²) in [6, 6.07) is 0. The van der Waals surface area contributed by atoms with E-state index in [0.29, 0.717) is 35.7 Å². The first kappa shape index (κ1) is 29.7.